The molecule has 0 saturated carbocycles. The highest BCUT2D eigenvalue weighted by atomic mass is 28.3. The predicted octanol–water partition coefficient (Wildman–Crippen LogP) is 1.76. The van der Waals surface area contributed by atoms with Crippen molar-refractivity contribution >= 4 is 15.5 Å². The molecule has 0 bridgehead atoms. The molecule has 0 spiro atoms. The summed E-state index contributed by atoms with van der Waals surface area (Å²) in [6, 6.07) is 0. The molecular formula is C10H22O4Si. The van der Waals surface area contributed by atoms with Gasteiger partial charge in [0.05, 0.1) is 5.92 Å². The minimum Gasteiger partial charge on any atom is -0.475 e. The lowest BCUT2D eigenvalue weighted by molar-refractivity contribution is -0.141. The van der Waals surface area contributed by atoms with Crippen molar-refractivity contribution in [1.29, 1.82) is 0 Å². The first kappa shape index (κ1) is 14.6. The molecule has 0 aromatic heterocycles. The SMILES string of the molecule is CCCCCC(C)C(=O)O[SiH](OC)OC. The fraction of sp³-hybridized carbons (Fsp3) is 0.900. The second kappa shape index (κ2) is 8.88. The molecule has 0 aliphatic rings. The minimum atomic E-state index is -2.20. The van der Waals surface area contributed by atoms with Crippen LogP contribution in [0.5, 0.6) is 0 Å². The monoisotopic (exact) mass is 234 g/mol. The van der Waals surface area contributed by atoms with Crippen LogP contribution in [0.2, 0.25) is 0 Å². The lowest BCUT2D eigenvalue weighted by Crippen LogP contribution is -2.30. The van der Waals surface area contributed by atoms with Crippen molar-refractivity contribution in [2.45, 2.75) is 39.5 Å². The Kier molecular flexibility index (Phi) is 8.65. The Morgan fingerprint density at radius 1 is 1.27 bits per heavy atom. The Hall–Kier alpha value is -0.393. The van der Waals surface area contributed by atoms with E-state index in [1.165, 1.54) is 14.2 Å². The van der Waals surface area contributed by atoms with Gasteiger partial charge in [0.2, 0.25) is 0 Å². The first-order chi connectivity index (χ1) is 7.15. The van der Waals surface area contributed by atoms with E-state index in [-0.39, 0.29) is 11.9 Å². The third-order valence-corrected chi connectivity index (χ3v) is 3.43. The molecule has 0 rings (SSSR count). The molecule has 0 aliphatic heterocycles. The zero-order valence-corrected chi connectivity index (χ0v) is 11.3. The number of carbonyl (C=O) groups is 1. The molecule has 0 heterocycles. The number of unbranched alkanes of at least 4 members (excludes halogenated alkanes) is 2. The molecule has 0 radical (unpaired) electrons. The first-order valence-corrected chi connectivity index (χ1v) is 6.83. The highest BCUT2D eigenvalue weighted by molar-refractivity contribution is 6.39. The summed E-state index contributed by atoms with van der Waals surface area (Å²) in [4.78, 5) is 11.5. The van der Waals surface area contributed by atoms with Crippen LogP contribution in [0, 0.1) is 5.92 Å². The van der Waals surface area contributed by atoms with E-state index >= 15 is 0 Å². The Morgan fingerprint density at radius 2 is 1.87 bits per heavy atom. The number of rotatable bonds is 8. The zero-order chi connectivity index (χ0) is 11.7. The van der Waals surface area contributed by atoms with Crippen molar-refractivity contribution < 1.29 is 18.1 Å². The average molecular weight is 234 g/mol. The summed E-state index contributed by atoms with van der Waals surface area (Å²) in [7, 11) is 0.794. The number of hydrogen-bond acceptors (Lipinski definition) is 4. The molecule has 4 nitrogen and oxygen atoms in total. The normalized spacial score (nSPS) is 12.9. The highest BCUT2D eigenvalue weighted by Crippen LogP contribution is 2.11. The van der Waals surface area contributed by atoms with Gasteiger partial charge in [0, 0.05) is 14.2 Å². The molecule has 90 valence electrons. The van der Waals surface area contributed by atoms with E-state index in [1.54, 1.807) is 0 Å². The fourth-order valence-corrected chi connectivity index (χ4v) is 2.03. The lowest BCUT2D eigenvalue weighted by atomic mass is 10.0. The molecule has 0 aromatic carbocycles. The van der Waals surface area contributed by atoms with E-state index in [9.17, 15) is 4.79 Å². The lowest BCUT2D eigenvalue weighted by Gasteiger charge is -2.15. The summed E-state index contributed by atoms with van der Waals surface area (Å²) < 4.78 is 14.9. The molecule has 0 fully saturated rings. The molecular weight excluding hydrogens is 212 g/mol. The Balaban J connectivity index is 3.77. The van der Waals surface area contributed by atoms with Crippen LogP contribution in [0.1, 0.15) is 39.5 Å². The fourth-order valence-electron chi connectivity index (χ4n) is 1.22. The van der Waals surface area contributed by atoms with Crippen LogP contribution in [-0.4, -0.2) is 29.7 Å². The van der Waals surface area contributed by atoms with Crippen molar-refractivity contribution in [2.24, 2.45) is 5.92 Å². The van der Waals surface area contributed by atoms with E-state index in [2.05, 4.69) is 6.92 Å². The highest BCUT2D eigenvalue weighted by Gasteiger charge is 2.21. The van der Waals surface area contributed by atoms with Gasteiger partial charge < -0.3 is 13.3 Å². The van der Waals surface area contributed by atoms with Gasteiger partial charge in [-0.1, -0.05) is 33.1 Å². The summed E-state index contributed by atoms with van der Waals surface area (Å²) >= 11 is 0. The maximum atomic E-state index is 11.5. The number of hydrogen-bond donors (Lipinski definition) is 0. The maximum Gasteiger partial charge on any atom is 0.550 e. The summed E-state index contributed by atoms with van der Waals surface area (Å²) in [5.74, 6) is -0.261. The predicted molar refractivity (Wildman–Crippen MR) is 60.6 cm³/mol. The number of carbonyl (C=O) groups excluding carboxylic acids is 1. The van der Waals surface area contributed by atoms with Crippen molar-refractivity contribution in [3.05, 3.63) is 0 Å². The summed E-state index contributed by atoms with van der Waals surface area (Å²) in [6.45, 7) is 4.02. The van der Waals surface area contributed by atoms with Gasteiger partial charge in [0.15, 0.2) is 0 Å². The molecule has 15 heavy (non-hydrogen) atoms. The van der Waals surface area contributed by atoms with Crippen molar-refractivity contribution in [3.63, 3.8) is 0 Å². The third kappa shape index (κ3) is 6.65. The molecule has 0 N–H and O–H groups in total. The van der Waals surface area contributed by atoms with Crippen LogP contribution < -0.4 is 0 Å². The van der Waals surface area contributed by atoms with E-state index < -0.39 is 9.53 Å². The topological polar surface area (TPSA) is 44.8 Å². The van der Waals surface area contributed by atoms with Crippen LogP contribution in [-0.2, 0) is 18.1 Å². The van der Waals surface area contributed by atoms with Crippen molar-refractivity contribution in [2.75, 3.05) is 14.2 Å². The standard InChI is InChI=1S/C10H22O4Si/c1-5-6-7-8-9(2)10(11)14-15(12-3)13-4/h9,15H,5-8H2,1-4H3. The Morgan fingerprint density at radius 3 is 2.33 bits per heavy atom. The molecule has 0 amide bonds. The van der Waals surface area contributed by atoms with Crippen LogP contribution in [0.4, 0.5) is 0 Å². The Bertz CT molecular complexity index is 171. The van der Waals surface area contributed by atoms with Crippen LogP contribution in [0.15, 0.2) is 0 Å². The van der Waals surface area contributed by atoms with E-state index in [0.29, 0.717) is 0 Å². The summed E-state index contributed by atoms with van der Waals surface area (Å²) in [5.41, 5.74) is 0. The molecule has 5 heteroatoms. The second-order valence-corrected chi connectivity index (χ2v) is 5.35. The molecule has 1 unspecified atom stereocenters. The smallest absolute Gasteiger partial charge is 0.475 e. The zero-order valence-electron chi connectivity index (χ0n) is 10.1. The average Bonchev–Trinajstić information content (AvgIpc) is 2.25. The Labute approximate surface area is 93.9 Å². The van der Waals surface area contributed by atoms with Crippen LogP contribution in [0.3, 0.4) is 0 Å². The van der Waals surface area contributed by atoms with E-state index in [1.807, 2.05) is 6.92 Å². The van der Waals surface area contributed by atoms with Gasteiger partial charge in [-0.05, 0) is 6.42 Å². The van der Waals surface area contributed by atoms with Gasteiger partial charge in [0.25, 0.3) is 5.97 Å². The molecule has 0 aliphatic carbocycles. The minimum absolute atomic E-state index is 0.0585. The van der Waals surface area contributed by atoms with Gasteiger partial charge in [-0.3, -0.25) is 4.79 Å². The van der Waals surface area contributed by atoms with Gasteiger partial charge in [-0.15, -0.1) is 0 Å². The third-order valence-electron chi connectivity index (χ3n) is 2.24. The van der Waals surface area contributed by atoms with E-state index in [4.69, 9.17) is 13.3 Å². The molecule has 1 atom stereocenters. The van der Waals surface area contributed by atoms with Crippen LogP contribution >= 0.6 is 0 Å². The second-order valence-electron chi connectivity index (χ2n) is 3.59. The maximum absolute atomic E-state index is 11.5. The molecule has 0 saturated heterocycles. The van der Waals surface area contributed by atoms with Crippen molar-refractivity contribution in [1.82, 2.24) is 0 Å². The summed E-state index contributed by atoms with van der Waals surface area (Å²) in [6.07, 6.45) is 4.27. The van der Waals surface area contributed by atoms with Gasteiger partial charge >= 0.3 is 9.53 Å². The van der Waals surface area contributed by atoms with Crippen LogP contribution in [0.25, 0.3) is 0 Å². The first-order valence-electron chi connectivity index (χ1n) is 5.41. The molecule has 0 aromatic rings. The van der Waals surface area contributed by atoms with Gasteiger partial charge in [-0.25, -0.2) is 0 Å². The van der Waals surface area contributed by atoms with E-state index in [0.717, 1.165) is 25.7 Å². The largest absolute Gasteiger partial charge is 0.550 e. The summed E-state index contributed by atoms with van der Waals surface area (Å²) in [5, 5.41) is 0. The van der Waals surface area contributed by atoms with Gasteiger partial charge in [0.1, 0.15) is 0 Å². The quantitative estimate of drug-likeness (QED) is 0.474. The van der Waals surface area contributed by atoms with Crippen molar-refractivity contribution in [3.8, 4) is 0 Å². The van der Waals surface area contributed by atoms with Gasteiger partial charge in [-0.2, -0.15) is 0 Å².